The number of hydrogen-bond donors (Lipinski definition) is 1. The summed E-state index contributed by atoms with van der Waals surface area (Å²) >= 11 is 12.9. The zero-order valence-corrected chi connectivity index (χ0v) is 32.1. The molecule has 2 saturated carbocycles. The van der Waals surface area contributed by atoms with Gasteiger partial charge in [-0.25, -0.2) is 13.2 Å². The second-order valence-corrected chi connectivity index (χ2v) is 16.7. The summed E-state index contributed by atoms with van der Waals surface area (Å²) in [4.78, 5) is 16.1. The van der Waals surface area contributed by atoms with E-state index in [2.05, 4.69) is 4.90 Å². The lowest BCUT2D eigenvalue weighted by molar-refractivity contribution is -0.904. The maximum atomic E-state index is 14.0. The third kappa shape index (κ3) is 11.5. The molecule has 54 heavy (non-hydrogen) atoms. The molecule has 0 bridgehead atoms. The first kappa shape index (κ1) is 40.2. The highest BCUT2D eigenvalue weighted by molar-refractivity contribution is 7.88. The average Bonchev–Trinajstić information content (AvgIpc) is 4.06. The van der Waals surface area contributed by atoms with E-state index in [0.29, 0.717) is 72.0 Å². The van der Waals surface area contributed by atoms with Crippen LogP contribution in [0, 0.1) is 11.8 Å². The fourth-order valence-electron chi connectivity index (χ4n) is 5.94. The molecule has 12 nitrogen and oxygen atoms in total. The molecular formula is C37H44Cl2F2N3O9S+. The second-order valence-electron chi connectivity index (χ2n) is 13.9. The summed E-state index contributed by atoms with van der Waals surface area (Å²) in [6.45, 7) is 1.10. The Balaban J connectivity index is 1.28. The smallest absolute Gasteiger partial charge is 0.387 e. The third-order valence-corrected chi connectivity index (χ3v) is 11.4. The van der Waals surface area contributed by atoms with E-state index in [1.807, 2.05) is 0 Å². The molecule has 3 fully saturated rings. The Morgan fingerprint density at radius 2 is 1.63 bits per heavy atom. The first-order valence-electron chi connectivity index (χ1n) is 17.8. The molecule has 1 aliphatic heterocycles. The van der Waals surface area contributed by atoms with Crippen LogP contribution in [0.1, 0.15) is 58.8 Å². The molecule has 2 heterocycles. The number of aromatic nitrogens is 1. The highest BCUT2D eigenvalue weighted by Gasteiger charge is 2.29. The molecule has 1 N–H and O–H groups in total. The number of nitrogens with zero attached hydrogens (tertiary/aromatic N) is 3. The first-order valence-corrected chi connectivity index (χ1v) is 20.4. The third-order valence-electron chi connectivity index (χ3n) is 9.49. The van der Waals surface area contributed by atoms with Crippen LogP contribution in [0.3, 0.4) is 0 Å². The first-order chi connectivity index (χ1) is 25.8. The van der Waals surface area contributed by atoms with Gasteiger partial charge in [-0.3, -0.25) is 10.1 Å². The molecule has 0 radical (unpaired) electrons. The Kier molecular flexibility index (Phi) is 13.4. The number of morpholine rings is 1. The summed E-state index contributed by atoms with van der Waals surface area (Å²) in [6, 6.07) is 9.04. The molecule has 6 rings (SSSR count). The summed E-state index contributed by atoms with van der Waals surface area (Å²) in [5, 5.41) is 10.1. The molecule has 3 aliphatic rings. The van der Waals surface area contributed by atoms with Crippen molar-refractivity contribution in [1.82, 2.24) is 9.21 Å². The lowest BCUT2D eigenvalue weighted by Gasteiger charge is -2.29. The number of carbonyl (C=O) groups excluding carboxylic acids is 1. The van der Waals surface area contributed by atoms with Crippen molar-refractivity contribution >= 4 is 39.2 Å². The van der Waals surface area contributed by atoms with Crippen LogP contribution in [0.4, 0.5) is 8.78 Å². The van der Waals surface area contributed by atoms with Crippen LogP contribution in [0.2, 0.25) is 10.0 Å². The zero-order valence-electron chi connectivity index (χ0n) is 29.8. The van der Waals surface area contributed by atoms with E-state index in [9.17, 15) is 27.2 Å². The van der Waals surface area contributed by atoms with Crippen molar-refractivity contribution < 1.29 is 55.6 Å². The molecule has 1 saturated heterocycles. The van der Waals surface area contributed by atoms with Crippen molar-refractivity contribution in [1.29, 1.82) is 0 Å². The second kappa shape index (κ2) is 18.0. The van der Waals surface area contributed by atoms with Crippen LogP contribution in [0.15, 0.2) is 48.8 Å². The standard InChI is InChI=1S/C37H44Cl2F2N3O9S/c1-54(47,48)44(11-10-42-12-14-49-15-13-42)19-28-7-6-27(17-33(28)50-22-24-2-3-24)36(45)52-34(18-29-30(38)20-43(46)21-31(29)39)26-8-9-32(53-37(40)41)35(16-26)51-23-25-4-5-25/h6-9,16-17,20-21,24-25,34,37,46H,2-5,10-15,18-19,22-23H2,1H3/q+1/t34-/m0/s1. The lowest BCUT2D eigenvalue weighted by atomic mass is 10.0. The molecular weight excluding hydrogens is 771 g/mol. The highest BCUT2D eigenvalue weighted by Crippen LogP contribution is 2.38. The van der Waals surface area contributed by atoms with Crippen LogP contribution in [0.25, 0.3) is 0 Å². The van der Waals surface area contributed by atoms with E-state index in [1.54, 1.807) is 18.2 Å². The lowest BCUT2D eigenvalue weighted by Crippen LogP contribution is -2.42. The monoisotopic (exact) mass is 814 g/mol. The Bertz CT molecular complexity index is 1870. The Hall–Kier alpha value is -3.47. The number of sulfonamides is 1. The minimum absolute atomic E-state index is 0.0354. The topological polar surface area (TPSA) is 128 Å². The van der Waals surface area contributed by atoms with Crippen molar-refractivity contribution in [3.05, 3.63) is 81.1 Å². The van der Waals surface area contributed by atoms with Crippen LogP contribution in [-0.2, 0) is 32.5 Å². The predicted octanol–water partition coefficient (Wildman–Crippen LogP) is 5.93. The molecule has 294 valence electrons. The minimum Gasteiger partial charge on any atom is -0.493 e. The van der Waals surface area contributed by atoms with E-state index in [0.717, 1.165) is 38.8 Å². The number of carbonyl (C=O) groups is 1. The van der Waals surface area contributed by atoms with Gasteiger partial charge >= 0.3 is 12.6 Å². The molecule has 1 aromatic heterocycles. The van der Waals surface area contributed by atoms with Gasteiger partial charge in [0.2, 0.25) is 22.4 Å². The summed E-state index contributed by atoms with van der Waals surface area (Å²) in [5.74, 6) is 0.183. The Labute approximate surface area is 323 Å². The van der Waals surface area contributed by atoms with Crippen LogP contribution >= 0.6 is 23.2 Å². The molecule has 17 heteroatoms. The molecule has 1 atom stereocenters. The number of hydrogen-bond acceptors (Lipinski definition) is 10. The quantitative estimate of drug-likeness (QED) is 0.0884. The number of esters is 1. The predicted molar refractivity (Wildman–Crippen MR) is 194 cm³/mol. The molecule has 3 aromatic rings. The van der Waals surface area contributed by atoms with E-state index >= 15 is 0 Å². The van der Waals surface area contributed by atoms with E-state index in [4.69, 9.17) is 46.9 Å². The number of pyridine rings is 1. The average molecular weight is 816 g/mol. The molecule has 0 amide bonds. The van der Waals surface area contributed by atoms with Crippen molar-refractivity contribution in [2.75, 3.05) is 58.9 Å². The van der Waals surface area contributed by atoms with Crippen LogP contribution in [-0.4, -0.2) is 94.3 Å². The maximum Gasteiger partial charge on any atom is 0.387 e. The van der Waals surface area contributed by atoms with Gasteiger partial charge < -0.3 is 23.7 Å². The molecule has 0 spiro atoms. The largest absolute Gasteiger partial charge is 0.493 e. The van der Waals surface area contributed by atoms with E-state index < -0.39 is 28.7 Å². The van der Waals surface area contributed by atoms with Gasteiger partial charge in [0.15, 0.2) is 11.5 Å². The number of alkyl halides is 2. The van der Waals surface area contributed by atoms with E-state index in [-0.39, 0.29) is 46.6 Å². The van der Waals surface area contributed by atoms with Crippen LogP contribution in [0.5, 0.6) is 17.2 Å². The van der Waals surface area contributed by atoms with Gasteiger partial charge in [0.05, 0.1) is 38.2 Å². The SMILES string of the molecule is CS(=O)(=O)N(CCN1CCOCC1)Cc1ccc(C(=O)O[C@@H](Cc2c(Cl)c[n+](O)cc2Cl)c2ccc(OC(F)F)c(OCC3CC3)c2)cc1OCC1CC1. The highest BCUT2D eigenvalue weighted by atomic mass is 35.5. The van der Waals surface area contributed by atoms with Gasteiger partial charge in [-0.1, -0.05) is 35.3 Å². The molecule has 2 aliphatic carbocycles. The minimum atomic E-state index is -3.60. The number of ether oxygens (including phenoxy) is 5. The van der Waals surface area contributed by atoms with Gasteiger partial charge in [0.25, 0.3) is 0 Å². The number of rotatable bonds is 19. The van der Waals surface area contributed by atoms with Crippen molar-refractivity contribution in [3.8, 4) is 17.2 Å². The van der Waals surface area contributed by atoms with Gasteiger partial charge in [-0.15, -0.1) is 0 Å². The summed E-state index contributed by atoms with van der Waals surface area (Å²) in [5.41, 5.74) is 1.46. The number of halogens is 4. The molecule has 0 unspecified atom stereocenters. The van der Waals surface area contributed by atoms with Gasteiger partial charge in [-0.2, -0.15) is 13.1 Å². The maximum absolute atomic E-state index is 14.0. The van der Waals surface area contributed by atoms with Gasteiger partial charge in [-0.05, 0) is 67.3 Å². The normalized spacial score (nSPS) is 17.1. The number of benzene rings is 2. The molecule has 2 aromatic carbocycles. The van der Waals surface area contributed by atoms with Crippen molar-refractivity contribution in [2.24, 2.45) is 11.8 Å². The Morgan fingerprint density at radius 1 is 0.981 bits per heavy atom. The zero-order chi connectivity index (χ0) is 38.4. The van der Waals surface area contributed by atoms with Gasteiger partial charge in [0, 0.05) is 55.0 Å². The Morgan fingerprint density at radius 3 is 2.24 bits per heavy atom. The van der Waals surface area contributed by atoms with Gasteiger partial charge in [0.1, 0.15) is 21.9 Å². The van der Waals surface area contributed by atoms with Crippen molar-refractivity contribution in [3.63, 3.8) is 0 Å². The summed E-state index contributed by atoms with van der Waals surface area (Å²) < 4.78 is 82.8. The van der Waals surface area contributed by atoms with Crippen LogP contribution < -0.4 is 18.9 Å². The van der Waals surface area contributed by atoms with Crippen molar-refractivity contribution in [2.45, 2.75) is 51.4 Å². The fraction of sp³-hybridized carbons (Fsp3) is 0.514. The summed E-state index contributed by atoms with van der Waals surface area (Å²) in [7, 11) is -3.60. The fourth-order valence-corrected chi connectivity index (χ4v) is 7.33. The summed E-state index contributed by atoms with van der Waals surface area (Å²) in [6.07, 6.45) is 6.47. The van der Waals surface area contributed by atoms with E-state index in [1.165, 1.54) is 41.2 Å².